The summed E-state index contributed by atoms with van der Waals surface area (Å²) in [5.41, 5.74) is 2.30. The van der Waals surface area contributed by atoms with E-state index in [9.17, 15) is 0 Å². The molecule has 1 aliphatic heterocycles. The second-order valence-corrected chi connectivity index (χ2v) is 6.40. The molecule has 0 spiro atoms. The maximum absolute atomic E-state index is 4.92. The van der Waals surface area contributed by atoms with Crippen molar-refractivity contribution in [3.8, 4) is 0 Å². The minimum Gasteiger partial charge on any atom is -0.367 e. The largest absolute Gasteiger partial charge is 0.367 e. The van der Waals surface area contributed by atoms with Gasteiger partial charge in [-0.3, -0.25) is 0 Å². The van der Waals surface area contributed by atoms with E-state index >= 15 is 0 Å². The maximum Gasteiger partial charge on any atom is 0.190 e. The SMILES string of the molecule is CC(C)n1ccsc1=Nc1ccccc1N1CCNCC1. The van der Waals surface area contributed by atoms with Crippen LogP contribution < -0.4 is 15.0 Å². The first kappa shape index (κ1) is 14.4. The van der Waals surface area contributed by atoms with E-state index in [1.165, 1.54) is 5.69 Å². The van der Waals surface area contributed by atoms with Crippen LogP contribution in [0.1, 0.15) is 19.9 Å². The van der Waals surface area contributed by atoms with E-state index in [-0.39, 0.29) is 0 Å². The van der Waals surface area contributed by atoms with Crippen molar-refractivity contribution >= 4 is 22.7 Å². The molecule has 0 aliphatic carbocycles. The molecular formula is C16H22N4S. The quantitative estimate of drug-likeness (QED) is 0.945. The fraction of sp³-hybridized carbons (Fsp3) is 0.438. The number of anilines is 1. The summed E-state index contributed by atoms with van der Waals surface area (Å²) in [7, 11) is 0. The van der Waals surface area contributed by atoms with E-state index in [0.717, 1.165) is 36.7 Å². The van der Waals surface area contributed by atoms with E-state index in [0.29, 0.717) is 6.04 Å². The molecule has 2 aromatic rings. The second-order valence-electron chi connectivity index (χ2n) is 5.52. The smallest absolute Gasteiger partial charge is 0.190 e. The molecule has 3 rings (SSSR count). The highest BCUT2D eigenvalue weighted by Crippen LogP contribution is 2.28. The van der Waals surface area contributed by atoms with Crippen LogP contribution in [0.15, 0.2) is 40.8 Å². The summed E-state index contributed by atoms with van der Waals surface area (Å²) >= 11 is 1.69. The van der Waals surface area contributed by atoms with Crippen LogP contribution >= 0.6 is 11.3 Å². The van der Waals surface area contributed by atoms with Crippen molar-refractivity contribution in [1.82, 2.24) is 9.88 Å². The van der Waals surface area contributed by atoms with E-state index in [4.69, 9.17) is 4.99 Å². The molecule has 1 N–H and O–H groups in total. The topological polar surface area (TPSA) is 32.6 Å². The molecule has 112 valence electrons. The van der Waals surface area contributed by atoms with Gasteiger partial charge < -0.3 is 14.8 Å². The molecule has 0 radical (unpaired) electrons. The van der Waals surface area contributed by atoms with E-state index in [2.05, 4.69) is 64.5 Å². The summed E-state index contributed by atoms with van der Waals surface area (Å²) < 4.78 is 2.22. The van der Waals surface area contributed by atoms with Crippen LogP contribution in [0, 0.1) is 0 Å². The number of para-hydroxylation sites is 2. The predicted octanol–water partition coefficient (Wildman–Crippen LogP) is 2.77. The van der Waals surface area contributed by atoms with Crippen LogP contribution in [0.4, 0.5) is 11.4 Å². The van der Waals surface area contributed by atoms with Gasteiger partial charge in [0.2, 0.25) is 0 Å². The lowest BCUT2D eigenvalue weighted by atomic mass is 10.2. The molecule has 2 heterocycles. The van der Waals surface area contributed by atoms with Gasteiger partial charge in [0, 0.05) is 43.8 Å². The second kappa shape index (κ2) is 6.45. The van der Waals surface area contributed by atoms with Gasteiger partial charge in [0.25, 0.3) is 0 Å². The molecule has 0 unspecified atom stereocenters. The summed E-state index contributed by atoms with van der Waals surface area (Å²) in [6, 6.07) is 8.89. The van der Waals surface area contributed by atoms with Crippen molar-refractivity contribution < 1.29 is 0 Å². The summed E-state index contributed by atoms with van der Waals surface area (Å²) in [6.07, 6.45) is 2.11. The Bertz CT molecular complexity index is 650. The molecule has 21 heavy (non-hydrogen) atoms. The highest BCUT2D eigenvalue weighted by molar-refractivity contribution is 7.07. The van der Waals surface area contributed by atoms with Crippen LogP contribution in [-0.2, 0) is 0 Å². The lowest BCUT2D eigenvalue weighted by molar-refractivity contribution is 0.583. The Labute approximate surface area is 129 Å². The van der Waals surface area contributed by atoms with Crippen LogP contribution in [0.3, 0.4) is 0 Å². The van der Waals surface area contributed by atoms with Gasteiger partial charge in [-0.05, 0) is 26.0 Å². The lowest BCUT2D eigenvalue weighted by Crippen LogP contribution is -2.43. The van der Waals surface area contributed by atoms with Crippen LogP contribution in [0.2, 0.25) is 0 Å². The van der Waals surface area contributed by atoms with Crippen LogP contribution in [0.5, 0.6) is 0 Å². The van der Waals surface area contributed by atoms with Gasteiger partial charge in [-0.25, -0.2) is 4.99 Å². The molecule has 4 nitrogen and oxygen atoms in total. The number of thiazole rings is 1. The van der Waals surface area contributed by atoms with Gasteiger partial charge in [-0.1, -0.05) is 12.1 Å². The van der Waals surface area contributed by atoms with E-state index in [1.54, 1.807) is 11.3 Å². The zero-order valence-electron chi connectivity index (χ0n) is 12.6. The number of hydrogen-bond donors (Lipinski definition) is 1. The lowest BCUT2D eigenvalue weighted by Gasteiger charge is -2.30. The average Bonchev–Trinajstić information content (AvgIpc) is 2.97. The maximum atomic E-state index is 4.92. The monoisotopic (exact) mass is 302 g/mol. The normalized spacial score (nSPS) is 16.7. The van der Waals surface area contributed by atoms with Crippen molar-refractivity contribution in [2.45, 2.75) is 19.9 Å². The fourth-order valence-corrected chi connectivity index (χ4v) is 3.45. The average molecular weight is 302 g/mol. The number of hydrogen-bond acceptors (Lipinski definition) is 4. The van der Waals surface area contributed by atoms with Crippen molar-refractivity contribution in [1.29, 1.82) is 0 Å². The summed E-state index contributed by atoms with van der Waals surface area (Å²) in [4.78, 5) is 8.40. The summed E-state index contributed by atoms with van der Waals surface area (Å²) in [6.45, 7) is 8.54. The number of nitrogens with one attached hydrogen (secondary N) is 1. The third-order valence-electron chi connectivity index (χ3n) is 3.73. The standard InChI is InChI=1S/C16H22N4S/c1-13(2)20-11-12-21-16(20)18-14-5-3-4-6-15(14)19-9-7-17-8-10-19/h3-6,11-13,17H,7-10H2,1-2H3. The van der Waals surface area contributed by atoms with Gasteiger partial charge in [0.15, 0.2) is 4.80 Å². The minimum absolute atomic E-state index is 0.432. The van der Waals surface area contributed by atoms with E-state index < -0.39 is 0 Å². The molecule has 1 fully saturated rings. The van der Waals surface area contributed by atoms with Gasteiger partial charge in [0.05, 0.1) is 11.4 Å². The highest BCUT2D eigenvalue weighted by Gasteiger charge is 2.13. The third kappa shape index (κ3) is 3.19. The Morgan fingerprint density at radius 1 is 1.19 bits per heavy atom. The predicted molar refractivity (Wildman–Crippen MR) is 89.4 cm³/mol. The first-order chi connectivity index (χ1) is 10.3. The van der Waals surface area contributed by atoms with Crippen LogP contribution in [-0.4, -0.2) is 30.7 Å². The van der Waals surface area contributed by atoms with Gasteiger partial charge in [-0.15, -0.1) is 11.3 Å². The highest BCUT2D eigenvalue weighted by atomic mass is 32.1. The zero-order chi connectivity index (χ0) is 14.7. The first-order valence-corrected chi connectivity index (χ1v) is 8.39. The fourth-order valence-electron chi connectivity index (χ4n) is 2.59. The van der Waals surface area contributed by atoms with Crippen molar-refractivity contribution in [3.63, 3.8) is 0 Å². The molecule has 0 amide bonds. The molecular weight excluding hydrogens is 280 g/mol. The van der Waals surface area contributed by atoms with Gasteiger partial charge >= 0.3 is 0 Å². The third-order valence-corrected chi connectivity index (χ3v) is 4.50. The first-order valence-electron chi connectivity index (χ1n) is 7.51. The molecule has 1 saturated heterocycles. The molecule has 5 heteroatoms. The Kier molecular flexibility index (Phi) is 4.41. The Hall–Kier alpha value is -1.59. The molecule has 0 bridgehead atoms. The van der Waals surface area contributed by atoms with Crippen molar-refractivity contribution in [3.05, 3.63) is 40.6 Å². The Morgan fingerprint density at radius 3 is 2.71 bits per heavy atom. The number of rotatable bonds is 3. The molecule has 1 aromatic carbocycles. The summed E-state index contributed by atoms with van der Waals surface area (Å²) in [5.74, 6) is 0. The number of aromatic nitrogens is 1. The van der Waals surface area contributed by atoms with Crippen LogP contribution in [0.25, 0.3) is 0 Å². The zero-order valence-corrected chi connectivity index (χ0v) is 13.4. The van der Waals surface area contributed by atoms with Crippen molar-refractivity contribution in [2.75, 3.05) is 31.1 Å². The van der Waals surface area contributed by atoms with Gasteiger partial charge in [-0.2, -0.15) is 0 Å². The Morgan fingerprint density at radius 2 is 1.95 bits per heavy atom. The van der Waals surface area contributed by atoms with Crippen molar-refractivity contribution in [2.24, 2.45) is 4.99 Å². The molecule has 0 atom stereocenters. The molecule has 1 aromatic heterocycles. The number of nitrogens with zero attached hydrogens (tertiary/aromatic N) is 3. The molecule has 0 saturated carbocycles. The van der Waals surface area contributed by atoms with Gasteiger partial charge in [0.1, 0.15) is 0 Å². The number of piperazine rings is 1. The van der Waals surface area contributed by atoms with E-state index in [1.807, 2.05) is 0 Å². The summed E-state index contributed by atoms with van der Waals surface area (Å²) in [5, 5.41) is 5.50. The number of benzene rings is 1. The molecule has 1 aliphatic rings. The Balaban J connectivity index is 2.00. The minimum atomic E-state index is 0.432.